The Bertz CT molecular complexity index is 552. The van der Waals surface area contributed by atoms with E-state index in [2.05, 4.69) is 6.92 Å². The van der Waals surface area contributed by atoms with Gasteiger partial charge in [0.2, 0.25) is 0 Å². The lowest BCUT2D eigenvalue weighted by Crippen LogP contribution is -2.34. The van der Waals surface area contributed by atoms with Crippen molar-refractivity contribution in [2.45, 2.75) is 33.2 Å². The molecule has 1 fully saturated rings. The number of amides is 2. The summed E-state index contributed by atoms with van der Waals surface area (Å²) in [6.07, 6.45) is 0.959. The van der Waals surface area contributed by atoms with Gasteiger partial charge in [0.25, 0.3) is 11.8 Å². The molecule has 2 N–H and O–H groups in total. The van der Waals surface area contributed by atoms with Crippen LogP contribution in [0.15, 0.2) is 24.3 Å². The number of nitrogens with zero attached hydrogens (tertiary/aromatic N) is 2. The van der Waals surface area contributed by atoms with Crippen molar-refractivity contribution in [3.05, 3.63) is 35.4 Å². The van der Waals surface area contributed by atoms with Crippen LogP contribution in [0.4, 0.5) is 0 Å². The van der Waals surface area contributed by atoms with Gasteiger partial charge >= 0.3 is 0 Å². The fourth-order valence-electron chi connectivity index (χ4n) is 3.21. The van der Waals surface area contributed by atoms with Crippen LogP contribution in [0.2, 0.25) is 0 Å². The van der Waals surface area contributed by atoms with Gasteiger partial charge in [0.1, 0.15) is 0 Å². The Labute approximate surface area is 138 Å². The smallest absolute Gasteiger partial charge is 0.254 e. The Balaban J connectivity index is 2.10. The Hall–Kier alpha value is -1.88. The van der Waals surface area contributed by atoms with Crippen LogP contribution < -0.4 is 5.73 Å². The molecule has 1 saturated heterocycles. The SMILES string of the molecule is CCN(CC)C(=O)c1ccc(C(=O)N2CC(CN)CC2C)cc1. The van der Waals surface area contributed by atoms with E-state index in [-0.39, 0.29) is 17.9 Å². The summed E-state index contributed by atoms with van der Waals surface area (Å²) in [6, 6.07) is 7.21. The van der Waals surface area contributed by atoms with E-state index in [1.807, 2.05) is 18.7 Å². The number of hydrogen-bond donors (Lipinski definition) is 1. The van der Waals surface area contributed by atoms with Crippen molar-refractivity contribution in [3.63, 3.8) is 0 Å². The van der Waals surface area contributed by atoms with Crippen LogP contribution in [0, 0.1) is 5.92 Å². The minimum absolute atomic E-state index is 0.00624. The van der Waals surface area contributed by atoms with Crippen LogP contribution in [0.3, 0.4) is 0 Å². The van der Waals surface area contributed by atoms with Crippen molar-refractivity contribution in [2.75, 3.05) is 26.2 Å². The average molecular weight is 317 g/mol. The van der Waals surface area contributed by atoms with E-state index in [4.69, 9.17) is 5.73 Å². The summed E-state index contributed by atoms with van der Waals surface area (Å²) in [6.45, 7) is 8.68. The molecular weight excluding hydrogens is 290 g/mol. The van der Waals surface area contributed by atoms with Gasteiger partial charge in [-0.1, -0.05) is 0 Å². The van der Waals surface area contributed by atoms with Crippen molar-refractivity contribution in [2.24, 2.45) is 11.7 Å². The van der Waals surface area contributed by atoms with Gasteiger partial charge in [0.15, 0.2) is 0 Å². The second kappa shape index (κ2) is 7.59. The highest BCUT2D eigenvalue weighted by Crippen LogP contribution is 2.24. The molecule has 0 bridgehead atoms. The molecule has 5 nitrogen and oxygen atoms in total. The first kappa shape index (κ1) is 17.5. The summed E-state index contributed by atoms with van der Waals surface area (Å²) >= 11 is 0. The maximum absolute atomic E-state index is 12.6. The van der Waals surface area contributed by atoms with Crippen molar-refractivity contribution in [1.82, 2.24) is 9.80 Å². The Morgan fingerprint density at radius 1 is 1.17 bits per heavy atom. The van der Waals surface area contributed by atoms with Crippen LogP contribution in [0.25, 0.3) is 0 Å². The summed E-state index contributed by atoms with van der Waals surface area (Å²) in [5.74, 6) is 0.416. The molecule has 5 heteroatoms. The van der Waals surface area contributed by atoms with Crippen molar-refractivity contribution in [3.8, 4) is 0 Å². The lowest BCUT2D eigenvalue weighted by Gasteiger charge is -2.22. The van der Waals surface area contributed by atoms with Crippen LogP contribution in [-0.2, 0) is 0 Å². The lowest BCUT2D eigenvalue weighted by molar-refractivity contribution is 0.0739. The zero-order valence-electron chi connectivity index (χ0n) is 14.3. The molecule has 2 amide bonds. The third kappa shape index (κ3) is 3.72. The molecule has 2 unspecified atom stereocenters. The molecule has 0 aromatic heterocycles. The lowest BCUT2D eigenvalue weighted by atomic mass is 10.1. The highest BCUT2D eigenvalue weighted by atomic mass is 16.2. The second-order valence-corrected chi connectivity index (χ2v) is 6.20. The van der Waals surface area contributed by atoms with Crippen LogP contribution in [0.1, 0.15) is 47.9 Å². The summed E-state index contributed by atoms with van der Waals surface area (Å²) in [5.41, 5.74) is 6.98. The first-order valence-electron chi connectivity index (χ1n) is 8.42. The maximum atomic E-state index is 12.6. The summed E-state index contributed by atoms with van der Waals surface area (Å²) in [5, 5.41) is 0. The van der Waals surface area contributed by atoms with E-state index < -0.39 is 0 Å². The van der Waals surface area contributed by atoms with E-state index in [1.54, 1.807) is 29.2 Å². The molecule has 1 aromatic rings. The van der Waals surface area contributed by atoms with E-state index in [0.29, 0.717) is 36.7 Å². The molecule has 1 aromatic carbocycles. The van der Waals surface area contributed by atoms with Crippen LogP contribution in [0.5, 0.6) is 0 Å². The predicted molar refractivity (Wildman–Crippen MR) is 91.4 cm³/mol. The van der Waals surface area contributed by atoms with Gasteiger partial charge in [-0.15, -0.1) is 0 Å². The van der Waals surface area contributed by atoms with Crippen molar-refractivity contribution < 1.29 is 9.59 Å². The predicted octanol–water partition coefficient (Wildman–Crippen LogP) is 1.98. The third-order valence-corrected chi connectivity index (χ3v) is 4.69. The topological polar surface area (TPSA) is 66.6 Å². The van der Waals surface area contributed by atoms with Gasteiger partial charge < -0.3 is 15.5 Å². The molecule has 1 aliphatic rings. The van der Waals surface area contributed by atoms with Gasteiger partial charge in [0, 0.05) is 36.8 Å². The van der Waals surface area contributed by atoms with E-state index in [1.165, 1.54) is 0 Å². The summed E-state index contributed by atoms with van der Waals surface area (Å²) < 4.78 is 0. The monoisotopic (exact) mass is 317 g/mol. The zero-order chi connectivity index (χ0) is 17.0. The minimum Gasteiger partial charge on any atom is -0.339 e. The van der Waals surface area contributed by atoms with Gasteiger partial charge in [-0.3, -0.25) is 9.59 Å². The number of benzene rings is 1. The molecule has 0 aliphatic carbocycles. The molecule has 0 radical (unpaired) electrons. The molecule has 23 heavy (non-hydrogen) atoms. The maximum Gasteiger partial charge on any atom is 0.254 e. The molecule has 2 rings (SSSR count). The molecule has 1 aliphatic heterocycles. The Kier molecular flexibility index (Phi) is 5.77. The highest BCUT2D eigenvalue weighted by molar-refractivity contribution is 5.98. The molecule has 126 valence electrons. The number of nitrogens with two attached hydrogens (primary N) is 1. The molecule has 0 saturated carbocycles. The van der Waals surface area contributed by atoms with Gasteiger partial charge in [-0.05, 0) is 63.9 Å². The third-order valence-electron chi connectivity index (χ3n) is 4.69. The van der Waals surface area contributed by atoms with Gasteiger partial charge in [0.05, 0.1) is 0 Å². The van der Waals surface area contributed by atoms with Gasteiger partial charge in [-0.2, -0.15) is 0 Å². The molecular formula is C18H27N3O2. The van der Waals surface area contributed by atoms with E-state index in [9.17, 15) is 9.59 Å². The van der Waals surface area contributed by atoms with E-state index in [0.717, 1.165) is 13.0 Å². The number of likely N-dealkylation sites (tertiary alicyclic amines) is 1. The normalized spacial score (nSPS) is 20.6. The first-order chi connectivity index (χ1) is 11.0. The fourth-order valence-corrected chi connectivity index (χ4v) is 3.21. The summed E-state index contributed by atoms with van der Waals surface area (Å²) in [7, 11) is 0. The van der Waals surface area contributed by atoms with Crippen LogP contribution in [-0.4, -0.2) is 53.8 Å². The largest absolute Gasteiger partial charge is 0.339 e. The number of carbonyl (C=O) groups is 2. The molecule has 0 spiro atoms. The number of rotatable bonds is 5. The van der Waals surface area contributed by atoms with Crippen LogP contribution >= 0.6 is 0 Å². The quantitative estimate of drug-likeness (QED) is 0.903. The first-order valence-corrected chi connectivity index (χ1v) is 8.42. The molecule has 1 heterocycles. The Morgan fingerprint density at radius 2 is 1.74 bits per heavy atom. The van der Waals surface area contributed by atoms with Crippen molar-refractivity contribution in [1.29, 1.82) is 0 Å². The standard InChI is InChI=1S/C18H27N3O2/c1-4-20(5-2)17(22)15-6-8-16(9-7-15)18(23)21-12-14(11-19)10-13(21)3/h6-9,13-14H,4-5,10-12,19H2,1-3H3. The average Bonchev–Trinajstić information content (AvgIpc) is 2.96. The zero-order valence-corrected chi connectivity index (χ0v) is 14.3. The second-order valence-electron chi connectivity index (χ2n) is 6.20. The summed E-state index contributed by atoms with van der Waals surface area (Å²) in [4.78, 5) is 28.6. The number of hydrogen-bond acceptors (Lipinski definition) is 3. The van der Waals surface area contributed by atoms with Crippen molar-refractivity contribution >= 4 is 11.8 Å². The molecule has 2 atom stereocenters. The fraction of sp³-hybridized carbons (Fsp3) is 0.556. The highest BCUT2D eigenvalue weighted by Gasteiger charge is 2.32. The minimum atomic E-state index is 0.00624. The van der Waals surface area contributed by atoms with E-state index >= 15 is 0 Å². The Morgan fingerprint density at radius 3 is 2.22 bits per heavy atom. The van der Waals surface area contributed by atoms with Gasteiger partial charge in [-0.25, -0.2) is 0 Å². The number of carbonyl (C=O) groups excluding carboxylic acids is 2.